The van der Waals surface area contributed by atoms with E-state index >= 15 is 0 Å². The summed E-state index contributed by atoms with van der Waals surface area (Å²) in [6.45, 7) is 4.78. The van der Waals surface area contributed by atoms with Crippen LogP contribution in [0.3, 0.4) is 0 Å². The number of likely N-dealkylation sites (tertiary alicyclic amines) is 1. The zero-order valence-corrected chi connectivity index (χ0v) is 14.0. The number of allylic oxidation sites excluding steroid dienone is 1. The van der Waals surface area contributed by atoms with Crippen LogP contribution in [0.1, 0.15) is 44.0 Å². The van der Waals surface area contributed by atoms with Gasteiger partial charge in [-0.25, -0.2) is 0 Å². The van der Waals surface area contributed by atoms with Gasteiger partial charge in [-0.3, -0.25) is 9.20 Å². The van der Waals surface area contributed by atoms with E-state index in [9.17, 15) is 18.0 Å². The summed E-state index contributed by atoms with van der Waals surface area (Å²) in [5.74, 6) is 0.257. The average molecular weight is 352 g/mol. The highest BCUT2D eigenvalue weighted by molar-refractivity contribution is 5.88. The fraction of sp³-hybridized carbons (Fsp3) is 0.471. The summed E-state index contributed by atoms with van der Waals surface area (Å²) in [7, 11) is 0. The summed E-state index contributed by atoms with van der Waals surface area (Å²) in [5.41, 5.74) is 0.542. The summed E-state index contributed by atoms with van der Waals surface area (Å²) in [6.07, 6.45) is -0.280. The van der Waals surface area contributed by atoms with E-state index in [4.69, 9.17) is 0 Å². The van der Waals surface area contributed by atoms with Crippen molar-refractivity contribution in [3.63, 3.8) is 0 Å². The second kappa shape index (κ2) is 6.50. The van der Waals surface area contributed by atoms with Gasteiger partial charge in [-0.2, -0.15) is 13.2 Å². The number of aromatic nitrogens is 3. The van der Waals surface area contributed by atoms with Crippen molar-refractivity contribution in [3.8, 4) is 0 Å². The highest BCUT2D eigenvalue weighted by Gasteiger charge is 2.32. The fourth-order valence-corrected chi connectivity index (χ4v) is 3.08. The number of halogens is 3. The van der Waals surface area contributed by atoms with Crippen LogP contribution in [0.15, 0.2) is 30.0 Å². The van der Waals surface area contributed by atoms with Crippen LogP contribution in [0, 0.1) is 0 Å². The van der Waals surface area contributed by atoms with Crippen molar-refractivity contribution >= 4 is 11.6 Å². The number of hydrogen-bond donors (Lipinski definition) is 0. The van der Waals surface area contributed by atoms with Crippen LogP contribution in [0.4, 0.5) is 13.2 Å². The highest BCUT2D eigenvalue weighted by atomic mass is 19.4. The zero-order valence-electron chi connectivity index (χ0n) is 14.0. The molecule has 8 heteroatoms. The summed E-state index contributed by atoms with van der Waals surface area (Å²) < 4.78 is 40.3. The monoisotopic (exact) mass is 352 g/mol. The van der Waals surface area contributed by atoms with Gasteiger partial charge < -0.3 is 4.90 Å². The quantitative estimate of drug-likeness (QED) is 0.778. The highest BCUT2D eigenvalue weighted by Crippen LogP contribution is 2.31. The number of nitrogens with zero attached hydrogens (tertiary/aromatic N) is 4. The molecule has 0 aromatic carbocycles. The Hall–Kier alpha value is -2.38. The molecule has 1 aliphatic heterocycles. The van der Waals surface area contributed by atoms with Gasteiger partial charge in [-0.05, 0) is 38.8 Å². The molecule has 25 heavy (non-hydrogen) atoms. The SMILES string of the molecule is CC(C)=CC(=O)N1CCCC(c2nnc3ccc(C(F)(F)F)cn23)C1. The summed E-state index contributed by atoms with van der Waals surface area (Å²) in [4.78, 5) is 13.9. The molecule has 1 unspecified atom stereocenters. The first-order valence-corrected chi connectivity index (χ1v) is 8.11. The molecule has 5 nitrogen and oxygen atoms in total. The van der Waals surface area contributed by atoms with Crippen molar-refractivity contribution in [2.75, 3.05) is 13.1 Å². The Balaban J connectivity index is 1.90. The maximum Gasteiger partial charge on any atom is 0.417 e. The van der Waals surface area contributed by atoms with Crippen LogP contribution in [0.5, 0.6) is 0 Å². The van der Waals surface area contributed by atoms with Gasteiger partial charge >= 0.3 is 6.18 Å². The number of rotatable bonds is 2. The van der Waals surface area contributed by atoms with Crippen molar-refractivity contribution in [3.05, 3.63) is 41.4 Å². The number of pyridine rings is 1. The molecule has 3 heterocycles. The number of amides is 1. The summed E-state index contributed by atoms with van der Waals surface area (Å²) in [6, 6.07) is 2.31. The third-order valence-electron chi connectivity index (χ3n) is 4.27. The van der Waals surface area contributed by atoms with Gasteiger partial charge in [0.1, 0.15) is 5.82 Å². The third-order valence-corrected chi connectivity index (χ3v) is 4.27. The van der Waals surface area contributed by atoms with Crippen molar-refractivity contribution in [2.45, 2.75) is 38.8 Å². The van der Waals surface area contributed by atoms with E-state index in [-0.39, 0.29) is 11.8 Å². The lowest BCUT2D eigenvalue weighted by molar-refractivity contribution is -0.137. The molecular formula is C17H19F3N4O. The minimum Gasteiger partial charge on any atom is -0.338 e. The van der Waals surface area contributed by atoms with E-state index in [2.05, 4.69) is 10.2 Å². The Labute approximate surface area is 143 Å². The predicted molar refractivity (Wildman–Crippen MR) is 86.0 cm³/mol. The van der Waals surface area contributed by atoms with E-state index in [1.54, 1.807) is 11.0 Å². The molecule has 1 atom stereocenters. The topological polar surface area (TPSA) is 50.5 Å². The van der Waals surface area contributed by atoms with Crippen LogP contribution in [0.2, 0.25) is 0 Å². The van der Waals surface area contributed by atoms with Gasteiger partial charge in [0.05, 0.1) is 5.56 Å². The number of carbonyl (C=O) groups excluding carboxylic acids is 1. The first kappa shape index (κ1) is 17.4. The van der Waals surface area contributed by atoms with Crippen molar-refractivity contribution < 1.29 is 18.0 Å². The van der Waals surface area contributed by atoms with Crippen LogP contribution < -0.4 is 0 Å². The molecule has 1 amide bonds. The van der Waals surface area contributed by atoms with Crippen LogP contribution in [-0.4, -0.2) is 38.5 Å². The molecule has 0 aliphatic carbocycles. The smallest absolute Gasteiger partial charge is 0.338 e. The van der Waals surface area contributed by atoms with Gasteiger partial charge in [-0.15, -0.1) is 10.2 Å². The maximum atomic E-state index is 13.0. The van der Waals surface area contributed by atoms with Crippen LogP contribution in [-0.2, 0) is 11.0 Å². The minimum atomic E-state index is -4.42. The van der Waals surface area contributed by atoms with Gasteiger partial charge in [0.2, 0.25) is 5.91 Å². The van der Waals surface area contributed by atoms with E-state index in [1.807, 2.05) is 13.8 Å². The van der Waals surface area contributed by atoms with Gasteiger partial charge in [0.25, 0.3) is 0 Å². The molecule has 1 fully saturated rings. The lowest BCUT2D eigenvalue weighted by Gasteiger charge is -2.31. The molecule has 0 spiro atoms. The number of alkyl halides is 3. The van der Waals surface area contributed by atoms with Gasteiger partial charge in [0.15, 0.2) is 5.65 Å². The molecular weight excluding hydrogens is 333 g/mol. The average Bonchev–Trinajstić information content (AvgIpc) is 2.96. The lowest BCUT2D eigenvalue weighted by Crippen LogP contribution is -2.38. The normalized spacial score (nSPS) is 18.4. The number of hydrogen-bond acceptors (Lipinski definition) is 3. The van der Waals surface area contributed by atoms with E-state index in [0.717, 1.165) is 30.7 Å². The Kier molecular flexibility index (Phi) is 4.53. The molecule has 1 aliphatic rings. The van der Waals surface area contributed by atoms with Crippen LogP contribution in [0.25, 0.3) is 5.65 Å². The maximum absolute atomic E-state index is 13.0. The van der Waals surface area contributed by atoms with Crippen molar-refractivity contribution in [1.82, 2.24) is 19.5 Å². The molecule has 2 aromatic rings. The standard InChI is InChI=1S/C17H19F3N4O/c1-11(2)8-15(25)23-7-3-4-12(9-23)16-22-21-14-6-5-13(10-24(14)16)17(18,19)20/h5-6,8,10,12H,3-4,7,9H2,1-2H3. The van der Waals surface area contributed by atoms with E-state index in [1.165, 1.54) is 10.5 Å². The minimum absolute atomic E-state index is 0.0745. The molecule has 0 saturated carbocycles. The van der Waals surface area contributed by atoms with Crippen molar-refractivity contribution in [1.29, 1.82) is 0 Å². The second-order valence-electron chi connectivity index (χ2n) is 6.55. The lowest BCUT2D eigenvalue weighted by atomic mass is 9.97. The Morgan fingerprint density at radius 3 is 2.72 bits per heavy atom. The molecule has 0 N–H and O–H groups in total. The third kappa shape index (κ3) is 3.67. The van der Waals surface area contributed by atoms with E-state index < -0.39 is 11.7 Å². The summed E-state index contributed by atoms with van der Waals surface area (Å²) in [5, 5.41) is 8.05. The predicted octanol–water partition coefficient (Wildman–Crippen LogP) is 3.42. The Morgan fingerprint density at radius 2 is 2.04 bits per heavy atom. The first-order chi connectivity index (χ1) is 11.8. The zero-order chi connectivity index (χ0) is 18.2. The number of piperidine rings is 1. The van der Waals surface area contributed by atoms with Crippen LogP contribution >= 0.6 is 0 Å². The molecule has 3 rings (SSSR count). The van der Waals surface area contributed by atoms with Gasteiger partial charge in [0, 0.05) is 31.3 Å². The molecule has 2 aromatic heterocycles. The van der Waals surface area contributed by atoms with Crippen molar-refractivity contribution in [2.24, 2.45) is 0 Å². The van der Waals surface area contributed by atoms with E-state index in [0.29, 0.717) is 24.6 Å². The second-order valence-corrected chi connectivity index (χ2v) is 6.55. The number of fused-ring (bicyclic) bond motifs is 1. The molecule has 0 bridgehead atoms. The molecule has 0 radical (unpaired) electrons. The number of carbonyl (C=O) groups is 1. The molecule has 134 valence electrons. The largest absolute Gasteiger partial charge is 0.417 e. The fourth-order valence-electron chi connectivity index (χ4n) is 3.08. The Bertz CT molecular complexity index is 821. The Morgan fingerprint density at radius 1 is 1.28 bits per heavy atom. The van der Waals surface area contributed by atoms with Gasteiger partial charge in [-0.1, -0.05) is 5.57 Å². The summed E-state index contributed by atoms with van der Waals surface area (Å²) >= 11 is 0. The first-order valence-electron chi connectivity index (χ1n) is 8.11. The molecule has 1 saturated heterocycles.